The number of Topliss-reactive ketones (excluding diaryl/α,β-unsaturated/α-hetero) is 1. The summed E-state index contributed by atoms with van der Waals surface area (Å²) in [4.78, 5) is 15.5. The molecule has 5 aliphatic carbocycles. The van der Waals surface area contributed by atoms with E-state index in [4.69, 9.17) is 4.74 Å². The smallest absolute Gasteiger partial charge is 0.139 e. The van der Waals surface area contributed by atoms with Crippen LogP contribution in [-0.4, -0.2) is 54.2 Å². The molecule has 5 saturated carbocycles. The molecular formula is C23H35NO3. The van der Waals surface area contributed by atoms with E-state index in [1.54, 1.807) is 0 Å². The van der Waals surface area contributed by atoms with Crippen molar-refractivity contribution in [1.29, 1.82) is 0 Å². The van der Waals surface area contributed by atoms with Gasteiger partial charge in [-0.25, -0.2) is 0 Å². The number of ketones is 1. The fraction of sp³-hybridized carbons (Fsp3) is 0.957. The summed E-state index contributed by atoms with van der Waals surface area (Å²) < 4.78 is 5.66. The van der Waals surface area contributed by atoms with Crippen molar-refractivity contribution < 1.29 is 14.6 Å². The Morgan fingerprint density at radius 3 is 2.70 bits per heavy atom. The molecule has 1 saturated heterocycles. The molecule has 0 amide bonds. The monoisotopic (exact) mass is 373 g/mol. The standard InChI is InChI=1S/C23H35NO3/c1-21-6-5-18-16(17(21)2-3-20(21)26)12-19(24-8-10-27-11-9-24)23-13-15(25)4-7-22(18,23)14-23/h15-19,25H,2-14H2,1H3/t15-,16-,17-,18-,19?,21-,22-,23+/m0/s1. The lowest BCUT2D eigenvalue weighted by atomic mass is 9.49. The summed E-state index contributed by atoms with van der Waals surface area (Å²) in [6.07, 6.45) is 10.1. The highest BCUT2D eigenvalue weighted by molar-refractivity contribution is 5.87. The van der Waals surface area contributed by atoms with E-state index in [9.17, 15) is 9.90 Å². The van der Waals surface area contributed by atoms with E-state index in [-0.39, 0.29) is 11.5 Å². The number of rotatable bonds is 1. The number of fused-ring (bicyclic) bond motifs is 3. The summed E-state index contributed by atoms with van der Waals surface area (Å²) in [7, 11) is 0. The first kappa shape index (κ1) is 17.4. The summed E-state index contributed by atoms with van der Waals surface area (Å²) in [6, 6.07) is 0.607. The van der Waals surface area contributed by atoms with Crippen LogP contribution in [0, 0.1) is 34.0 Å². The van der Waals surface area contributed by atoms with Crippen LogP contribution in [0.25, 0.3) is 0 Å². The number of ether oxygens (including phenoxy) is 1. The number of morpholine rings is 1. The van der Waals surface area contributed by atoms with Gasteiger partial charge in [-0.15, -0.1) is 0 Å². The summed E-state index contributed by atoms with van der Waals surface area (Å²) >= 11 is 0. The zero-order chi connectivity index (χ0) is 18.4. The molecule has 8 atom stereocenters. The molecule has 0 bridgehead atoms. The van der Waals surface area contributed by atoms with Gasteiger partial charge in [0.25, 0.3) is 0 Å². The van der Waals surface area contributed by atoms with Gasteiger partial charge in [-0.1, -0.05) is 6.92 Å². The van der Waals surface area contributed by atoms with E-state index < -0.39 is 0 Å². The summed E-state index contributed by atoms with van der Waals surface area (Å²) in [6.45, 7) is 6.11. The maximum Gasteiger partial charge on any atom is 0.139 e. The number of nitrogens with zero attached hydrogens (tertiary/aromatic N) is 1. The average molecular weight is 374 g/mol. The van der Waals surface area contributed by atoms with Gasteiger partial charge >= 0.3 is 0 Å². The van der Waals surface area contributed by atoms with Gasteiger partial charge in [0.1, 0.15) is 5.78 Å². The minimum Gasteiger partial charge on any atom is -0.393 e. The Labute approximate surface area is 163 Å². The summed E-state index contributed by atoms with van der Waals surface area (Å²) in [5.41, 5.74) is 0.807. The van der Waals surface area contributed by atoms with Crippen molar-refractivity contribution >= 4 is 5.78 Å². The molecule has 1 heterocycles. The van der Waals surface area contributed by atoms with Gasteiger partial charge in [-0.2, -0.15) is 0 Å². The Balaban J connectivity index is 1.39. The molecule has 0 aromatic rings. The van der Waals surface area contributed by atoms with E-state index in [0.29, 0.717) is 28.6 Å². The van der Waals surface area contributed by atoms with Crippen molar-refractivity contribution in [2.24, 2.45) is 34.0 Å². The Bertz CT molecular complexity index is 660. The zero-order valence-electron chi connectivity index (χ0n) is 16.8. The molecule has 6 aliphatic rings. The topological polar surface area (TPSA) is 49.8 Å². The van der Waals surface area contributed by atoms with Crippen molar-refractivity contribution in [1.82, 2.24) is 4.90 Å². The van der Waals surface area contributed by atoms with Crippen LogP contribution >= 0.6 is 0 Å². The number of carbonyl (C=O) groups is 1. The highest BCUT2D eigenvalue weighted by atomic mass is 16.5. The van der Waals surface area contributed by atoms with E-state index >= 15 is 0 Å². The lowest BCUT2D eigenvalue weighted by Gasteiger charge is -2.58. The maximum atomic E-state index is 12.7. The van der Waals surface area contributed by atoms with Gasteiger partial charge in [0, 0.05) is 31.0 Å². The second-order valence-electron chi connectivity index (χ2n) is 11.1. The molecule has 4 heteroatoms. The second kappa shape index (κ2) is 5.58. The third-order valence-corrected chi connectivity index (χ3v) is 10.5. The maximum absolute atomic E-state index is 12.7. The molecule has 0 aromatic carbocycles. The number of hydrogen-bond donors (Lipinski definition) is 1. The van der Waals surface area contributed by atoms with Crippen LogP contribution in [0.3, 0.4) is 0 Å². The van der Waals surface area contributed by atoms with E-state index in [1.165, 1.54) is 25.7 Å². The van der Waals surface area contributed by atoms with Gasteiger partial charge in [-0.05, 0) is 80.0 Å². The van der Waals surface area contributed by atoms with Crippen molar-refractivity contribution in [3.05, 3.63) is 0 Å². The number of hydrogen-bond acceptors (Lipinski definition) is 4. The lowest BCUT2D eigenvalue weighted by Crippen LogP contribution is -2.59. The van der Waals surface area contributed by atoms with E-state index in [2.05, 4.69) is 11.8 Å². The first-order chi connectivity index (χ1) is 13.0. The van der Waals surface area contributed by atoms with Gasteiger partial charge in [0.15, 0.2) is 0 Å². The predicted molar refractivity (Wildman–Crippen MR) is 102 cm³/mol. The van der Waals surface area contributed by atoms with Crippen molar-refractivity contribution in [2.75, 3.05) is 26.3 Å². The molecule has 150 valence electrons. The highest BCUT2D eigenvalue weighted by Gasteiger charge is 2.79. The van der Waals surface area contributed by atoms with Gasteiger partial charge < -0.3 is 9.84 Å². The number of carbonyl (C=O) groups excluding carboxylic acids is 1. The van der Waals surface area contributed by atoms with Gasteiger partial charge in [0.2, 0.25) is 0 Å². The SMILES string of the molecule is C[C@]12CC[C@H]3[C@@H](CC(N4CCOCC4)[C@]45C[C@@H](O)CC[C@]34C5)[C@@H]1CCC2=O. The summed E-state index contributed by atoms with van der Waals surface area (Å²) in [5.74, 6) is 2.71. The van der Waals surface area contributed by atoms with E-state index in [1.807, 2.05) is 0 Å². The third kappa shape index (κ3) is 2.08. The first-order valence-corrected chi connectivity index (χ1v) is 11.5. The number of aliphatic hydroxyl groups excluding tert-OH is 1. The molecule has 27 heavy (non-hydrogen) atoms. The van der Waals surface area contributed by atoms with Crippen LogP contribution in [0.5, 0.6) is 0 Å². The summed E-state index contributed by atoms with van der Waals surface area (Å²) in [5, 5.41) is 10.6. The Morgan fingerprint density at radius 1 is 1.07 bits per heavy atom. The predicted octanol–water partition coefficient (Wildman–Crippen LogP) is 3.02. The van der Waals surface area contributed by atoms with Crippen LogP contribution in [-0.2, 0) is 9.53 Å². The Morgan fingerprint density at radius 2 is 1.89 bits per heavy atom. The van der Waals surface area contributed by atoms with Crippen molar-refractivity contribution in [3.8, 4) is 0 Å². The van der Waals surface area contributed by atoms with Crippen LogP contribution < -0.4 is 0 Å². The molecule has 0 radical (unpaired) electrons. The fourth-order valence-electron chi connectivity index (χ4n) is 9.29. The fourth-order valence-corrected chi connectivity index (χ4v) is 9.29. The van der Waals surface area contributed by atoms with Crippen LogP contribution in [0.1, 0.15) is 64.7 Å². The molecule has 1 aliphatic heterocycles. The van der Waals surface area contributed by atoms with Gasteiger partial charge in [0.05, 0.1) is 19.3 Å². The molecule has 0 spiro atoms. The highest BCUT2D eigenvalue weighted by Crippen LogP contribution is 2.83. The minimum absolute atomic E-state index is 0.0313. The second-order valence-corrected chi connectivity index (χ2v) is 11.1. The Hall–Kier alpha value is -0.450. The zero-order valence-corrected chi connectivity index (χ0v) is 16.8. The molecule has 6 fully saturated rings. The Kier molecular flexibility index (Phi) is 3.60. The van der Waals surface area contributed by atoms with E-state index in [0.717, 1.165) is 70.2 Å². The molecule has 4 nitrogen and oxygen atoms in total. The normalized spacial score (nSPS) is 57.4. The van der Waals surface area contributed by atoms with Crippen LogP contribution in [0.4, 0.5) is 0 Å². The largest absolute Gasteiger partial charge is 0.393 e. The van der Waals surface area contributed by atoms with Gasteiger partial charge in [-0.3, -0.25) is 9.69 Å². The molecule has 0 aromatic heterocycles. The number of aliphatic hydroxyl groups is 1. The third-order valence-electron chi connectivity index (χ3n) is 10.5. The minimum atomic E-state index is -0.0948. The molecule has 1 unspecified atom stereocenters. The molecular weight excluding hydrogens is 338 g/mol. The van der Waals surface area contributed by atoms with Crippen molar-refractivity contribution in [2.45, 2.75) is 76.9 Å². The van der Waals surface area contributed by atoms with Crippen LogP contribution in [0.15, 0.2) is 0 Å². The average Bonchev–Trinajstić information content (AvgIpc) is 3.27. The quantitative estimate of drug-likeness (QED) is 0.768. The molecule has 1 N–H and O–H groups in total. The van der Waals surface area contributed by atoms with Crippen molar-refractivity contribution in [3.63, 3.8) is 0 Å². The lowest BCUT2D eigenvalue weighted by molar-refractivity contribution is -0.139. The van der Waals surface area contributed by atoms with Crippen LogP contribution in [0.2, 0.25) is 0 Å². The first-order valence-electron chi connectivity index (χ1n) is 11.5. The molecule has 6 rings (SSSR count).